The maximum absolute atomic E-state index is 12.2. The van der Waals surface area contributed by atoms with Crippen LogP contribution in [0.5, 0.6) is 0 Å². The predicted octanol–water partition coefficient (Wildman–Crippen LogP) is 2.59. The lowest BCUT2D eigenvalue weighted by Crippen LogP contribution is -2.46. The smallest absolute Gasteiger partial charge is 0.242 e. The molecule has 1 aromatic carbocycles. The highest BCUT2D eigenvalue weighted by atomic mass is 35.5. The Hall–Kier alpha value is -0.820. The largest absolute Gasteiger partial charge is 0.322 e. The molecule has 1 fully saturated rings. The molecule has 2 aromatic rings. The molecule has 2 N–H and O–H groups in total. The fourth-order valence-corrected chi connectivity index (χ4v) is 3.79. The average molecular weight is 314 g/mol. The van der Waals surface area contributed by atoms with Gasteiger partial charge in [0.05, 0.1) is 27.0 Å². The number of thioether (sulfide) groups is 1. The number of hydrogen-bond donors (Lipinski definition) is 2. The minimum atomic E-state index is -0.163. The van der Waals surface area contributed by atoms with Crippen LogP contribution in [0.3, 0.4) is 0 Å². The maximum Gasteiger partial charge on any atom is 0.242 e. The summed E-state index contributed by atoms with van der Waals surface area (Å²) in [5.74, 6) is 1.79. The Morgan fingerprint density at radius 3 is 3.21 bits per heavy atom. The monoisotopic (exact) mass is 313 g/mol. The zero-order chi connectivity index (χ0) is 13.2. The molecule has 1 aromatic heterocycles. The Morgan fingerprint density at radius 2 is 2.42 bits per heavy atom. The second-order valence-electron chi connectivity index (χ2n) is 4.19. The molecule has 1 aliphatic rings. The molecule has 1 atom stereocenters. The van der Waals surface area contributed by atoms with E-state index in [1.165, 1.54) is 11.3 Å². The fraction of sp³-hybridized carbons (Fsp3) is 0.333. The molecule has 7 heteroatoms. The summed E-state index contributed by atoms with van der Waals surface area (Å²) in [6.45, 7) is 0.859. The van der Waals surface area contributed by atoms with Gasteiger partial charge in [-0.15, -0.1) is 11.3 Å². The fourth-order valence-electron chi connectivity index (χ4n) is 1.97. The third-order valence-corrected chi connectivity index (χ3v) is 5.11. The Morgan fingerprint density at radius 1 is 1.53 bits per heavy atom. The molecule has 0 spiro atoms. The minimum Gasteiger partial charge on any atom is -0.322 e. The number of halogens is 1. The quantitative estimate of drug-likeness (QED) is 0.895. The van der Waals surface area contributed by atoms with Crippen molar-refractivity contribution < 1.29 is 4.79 Å². The second kappa shape index (κ2) is 5.66. The highest BCUT2D eigenvalue weighted by Crippen LogP contribution is 2.32. The molecule has 0 radical (unpaired) electrons. The average Bonchev–Trinajstić information content (AvgIpc) is 2.91. The van der Waals surface area contributed by atoms with Gasteiger partial charge in [0.25, 0.3) is 0 Å². The van der Waals surface area contributed by atoms with Crippen molar-refractivity contribution in [3.05, 3.63) is 22.7 Å². The lowest BCUT2D eigenvalue weighted by molar-refractivity contribution is -0.117. The van der Waals surface area contributed by atoms with Gasteiger partial charge < -0.3 is 10.6 Å². The highest BCUT2D eigenvalue weighted by molar-refractivity contribution is 7.99. The second-order valence-corrected chi connectivity index (χ2v) is 6.64. The molecular weight excluding hydrogens is 302 g/mol. The van der Waals surface area contributed by atoms with Crippen molar-refractivity contribution in [2.24, 2.45) is 0 Å². The number of amides is 1. The van der Waals surface area contributed by atoms with Crippen LogP contribution < -0.4 is 10.6 Å². The number of hydrogen-bond acceptors (Lipinski definition) is 5. The van der Waals surface area contributed by atoms with E-state index < -0.39 is 0 Å². The Kier molecular flexibility index (Phi) is 3.93. The van der Waals surface area contributed by atoms with Gasteiger partial charge in [0.15, 0.2) is 0 Å². The van der Waals surface area contributed by atoms with Crippen LogP contribution in [0.2, 0.25) is 5.02 Å². The van der Waals surface area contributed by atoms with Gasteiger partial charge in [0.2, 0.25) is 5.91 Å². The van der Waals surface area contributed by atoms with Gasteiger partial charge >= 0.3 is 0 Å². The van der Waals surface area contributed by atoms with E-state index >= 15 is 0 Å². The van der Waals surface area contributed by atoms with E-state index in [4.69, 9.17) is 11.6 Å². The lowest BCUT2D eigenvalue weighted by atomic mass is 10.2. The van der Waals surface area contributed by atoms with Crippen LogP contribution in [0.1, 0.15) is 0 Å². The van der Waals surface area contributed by atoms with Gasteiger partial charge in [-0.1, -0.05) is 11.6 Å². The first-order valence-electron chi connectivity index (χ1n) is 5.89. The summed E-state index contributed by atoms with van der Waals surface area (Å²) in [4.78, 5) is 16.5. The molecule has 0 saturated carbocycles. The van der Waals surface area contributed by atoms with Crippen molar-refractivity contribution in [3.63, 3.8) is 0 Å². The van der Waals surface area contributed by atoms with E-state index in [1.54, 1.807) is 23.3 Å². The molecule has 19 heavy (non-hydrogen) atoms. The van der Waals surface area contributed by atoms with Crippen molar-refractivity contribution in [2.45, 2.75) is 6.04 Å². The Bertz CT molecular complexity index is 610. The Labute approximate surface area is 123 Å². The first-order chi connectivity index (χ1) is 9.25. The van der Waals surface area contributed by atoms with Crippen LogP contribution in [0.25, 0.3) is 10.2 Å². The summed E-state index contributed by atoms with van der Waals surface area (Å²) in [7, 11) is 0. The number of nitrogens with one attached hydrogen (secondary N) is 2. The number of fused-ring (bicyclic) bond motifs is 1. The summed E-state index contributed by atoms with van der Waals surface area (Å²) < 4.78 is 1.02. The SMILES string of the molecule is O=C(Nc1c(Cl)ccc2scnc12)C1CSCCN1. The first kappa shape index (κ1) is 13.2. The lowest BCUT2D eigenvalue weighted by Gasteiger charge is -2.22. The molecule has 4 nitrogen and oxygen atoms in total. The van der Waals surface area contributed by atoms with E-state index in [0.717, 1.165) is 28.3 Å². The van der Waals surface area contributed by atoms with Crippen molar-refractivity contribution in [1.82, 2.24) is 10.3 Å². The maximum atomic E-state index is 12.2. The molecule has 3 rings (SSSR count). The molecular formula is C12H12ClN3OS2. The van der Waals surface area contributed by atoms with E-state index in [0.29, 0.717) is 10.7 Å². The van der Waals surface area contributed by atoms with Gasteiger partial charge in [-0.05, 0) is 12.1 Å². The molecule has 1 amide bonds. The van der Waals surface area contributed by atoms with E-state index in [2.05, 4.69) is 15.6 Å². The summed E-state index contributed by atoms with van der Waals surface area (Å²) >= 11 is 9.48. The van der Waals surface area contributed by atoms with Crippen molar-refractivity contribution >= 4 is 56.5 Å². The van der Waals surface area contributed by atoms with Crippen LogP contribution in [-0.2, 0) is 4.79 Å². The highest BCUT2D eigenvalue weighted by Gasteiger charge is 2.22. The number of rotatable bonds is 2. The third kappa shape index (κ3) is 2.72. The van der Waals surface area contributed by atoms with Gasteiger partial charge in [-0.3, -0.25) is 4.79 Å². The number of anilines is 1. The van der Waals surface area contributed by atoms with E-state index in [9.17, 15) is 4.79 Å². The standard InChI is InChI=1S/C12H12ClN3OS2/c13-7-1-2-9-11(15-6-19-9)10(7)16-12(17)8-5-18-4-3-14-8/h1-2,6,8,14H,3-5H2,(H,16,17). The van der Waals surface area contributed by atoms with Gasteiger partial charge in [-0.25, -0.2) is 4.98 Å². The molecule has 0 bridgehead atoms. The number of thiazole rings is 1. The third-order valence-electron chi connectivity index (χ3n) is 2.94. The molecule has 2 heterocycles. The van der Waals surface area contributed by atoms with Crippen LogP contribution in [0.15, 0.2) is 17.6 Å². The van der Waals surface area contributed by atoms with Gasteiger partial charge in [0, 0.05) is 18.1 Å². The summed E-state index contributed by atoms with van der Waals surface area (Å²) in [6.07, 6.45) is 0. The van der Waals surface area contributed by atoms with Crippen molar-refractivity contribution in [2.75, 3.05) is 23.4 Å². The number of nitrogens with zero attached hydrogens (tertiary/aromatic N) is 1. The topological polar surface area (TPSA) is 54.0 Å². The van der Waals surface area contributed by atoms with Gasteiger partial charge in [-0.2, -0.15) is 11.8 Å². The van der Waals surface area contributed by atoms with Crippen LogP contribution in [0.4, 0.5) is 5.69 Å². The summed E-state index contributed by atoms with van der Waals surface area (Å²) in [5.41, 5.74) is 3.13. The summed E-state index contributed by atoms with van der Waals surface area (Å²) in [6, 6.07) is 3.55. The molecule has 1 saturated heterocycles. The summed E-state index contributed by atoms with van der Waals surface area (Å²) in [5, 5.41) is 6.64. The number of carbonyl (C=O) groups excluding carboxylic acids is 1. The molecule has 100 valence electrons. The van der Waals surface area contributed by atoms with Crippen molar-refractivity contribution in [3.8, 4) is 0 Å². The van der Waals surface area contributed by atoms with Crippen LogP contribution in [0, 0.1) is 0 Å². The van der Waals surface area contributed by atoms with Crippen LogP contribution >= 0.6 is 34.7 Å². The molecule has 0 aliphatic carbocycles. The number of carbonyl (C=O) groups is 1. The molecule has 1 unspecified atom stereocenters. The minimum absolute atomic E-state index is 0.0467. The zero-order valence-corrected chi connectivity index (χ0v) is 12.4. The van der Waals surface area contributed by atoms with Crippen LogP contribution in [-0.4, -0.2) is 35.0 Å². The zero-order valence-electron chi connectivity index (χ0n) is 9.98. The van der Waals surface area contributed by atoms with Gasteiger partial charge in [0.1, 0.15) is 5.52 Å². The predicted molar refractivity (Wildman–Crippen MR) is 82.4 cm³/mol. The van der Waals surface area contributed by atoms with E-state index in [1.807, 2.05) is 6.07 Å². The van der Waals surface area contributed by atoms with E-state index in [-0.39, 0.29) is 11.9 Å². The normalized spacial score (nSPS) is 19.5. The van der Waals surface area contributed by atoms with Crippen molar-refractivity contribution in [1.29, 1.82) is 0 Å². The Balaban J connectivity index is 1.86. The first-order valence-corrected chi connectivity index (χ1v) is 8.30. The number of benzene rings is 1. The number of aromatic nitrogens is 1. The molecule has 1 aliphatic heterocycles.